The van der Waals surface area contributed by atoms with Crippen molar-refractivity contribution in [1.82, 2.24) is 15.5 Å². The molecule has 26 heavy (non-hydrogen) atoms. The van der Waals surface area contributed by atoms with Crippen LogP contribution in [0.5, 0.6) is 11.5 Å². The average molecular weight is 359 g/mol. The van der Waals surface area contributed by atoms with E-state index in [9.17, 15) is 4.79 Å². The van der Waals surface area contributed by atoms with E-state index in [0.717, 1.165) is 38.5 Å². The lowest BCUT2D eigenvalue weighted by Gasteiger charge is -2.30. The molecule has 1 aliphatic rings. The molecule has 1 aromatic heterocycles. The maximum atomic E-state index is 13.0. The highest BCUT2D eigenvalue weighted by Crippen LogP contribution is 2.35. The summed E-state index contributed by atoms with van der Waals surface area (Å²) in [6.07, 6.45) is 5.88. The number of nitrogens with zero attached hydrogens (tertiary/aromatic N) is 2. The van der Waals surface area contributed by atoms with Crippen LogP contribution in [0.4, 0.5) is 0 Å². The van der Waals surface area contributed by atoms with Gasteiger partial charge in [0.1, 0.15) is 17.0 Å². The fourth-order valence-corrected chi connectivity index (χ4v) is 3.46. The molecule has 140 valence electrons. The number of aromatic nitrogens is 2. The van der Waals surface area contributed by atoms with Crippen molar-refractivity contribution in [1.29, 1.82) is 0 Å². The Balaban J connectivity index is 1.93. The van der Waals surface area contributed by atoms with Crippen LogP contribution in [0.25, 0.3) is 0 Å². The molecule has 0 bridgehead atoms. The predicted molar refractivity (Wildman–Crippen MR) is 95.4 cm³/mol. The zero-order chi connectivity index (χ0) is 18.6. The van der Waals surface area contributed by atoms with Crippen molar-refractivity contribution in [3.05, 3.63) is 35.5 Å². The summed E-state index contributed by atoms with van der Waals surface area (Å²) in [5.41, 5.74) is -0.133. The summed E-state index contributed by atoms with van der Waals surface area (Å²) >= 11 is 0. The minimum atomic E-state index is -0.609. The molecule has 7 nitrogen and oxygen atoms in total. The van der Waals surface area contributed by atoms with Gasteiger partial charge in [-0.15, -0.1) is 0 Å². The van der Waals surface area contributed by atoms with Gasteiger partial charge in [-0.2, -0.15) is 4.98 Å². The highest BCUT2D eigenvalue weighted by Gasteiger charge is 2.39. The highest BCUT2D eigenvalue weighted by molar-refractivity contribution is 5.95. The normalized spacial score (nSPS) is 16.6. The van der Waals surface area contributed by atoms with E-state index in [2.05, 4.69) is 15.5 Å². The van der Waals surface area contributed by atoms with Crippen molar-refractivity contribution < 1.29 is 18.8 Å². The number of amides is 1. The second kappa shape index (κ2) is 7.76. The van der Waals surface area contributed by atoms with Crippen LogP contribution in [0.2, 0.25) is 0 Å². The van der Waals surface area contributed by atoms with Gasteiger partial charge in [0.15, 0.2) is 5.82 Å². The van der Waals surface area contributed by atoms with E-state index in [-0.39, 0.29) is 5.91 Å². The van der Waals surface area contributed by atoms with E-state index in [1.165, 1.54) is 0 Å². The van der Waals surface area contributed by atoms with E-state index in [1.54, 1.807) is 39.3 Å². The van der Waals surface area contributed by atoms with Crippen molar-refractivity contribution in [3.8, 4) is 11.5 Å². The standard InChI is InChI=1S/C19H25N3O4/c1-13-20-18(22-26-13)19(8-6-4-5-7-9-19)21-17(23)14-10-15(24-2)12-16(11-14)25-3/h10-12H,4-9H2,1-3H3,(H,21,23). The Bertz CT molecular complexity index is 742. The Morgan fingerprint density at radius 1 is 1.08 bits per heavy atom. The molecule has 2 aromatic rings. The number of hydrogen-bond acceptors (Lipinski definition) is 6. The van der Waals surface area contributed by atoms with Crippen LogP contribution in [0, 0.1) is 6.92 Å². The highest BCUT2D eigenvalue weighted by atomic mass is 16.5. The van der Waals surface area contributed by atoms with Gasteiger partial charge in [0.05, 0.1) is 14.2 Å². The van der Waals surface area contributed by atoms with Crippen molar-refractivity contribution >= 4 is 5.91 Å². The first kappa shape index (κ1) is 18.2. The Morgan fingerprint density at radius 2 is 1.69 bits per heavy atom. The smallest absolute Gasteiger partial charge is 0.252 e. The molecule has 1 saturated carbocycles. The number of aryl methyl sites for hydroxylation is 1. The fraction of sp³-hybridized carbons (Fsp3) is 0.526. The largest absolute Gasteiger partial charge is 0.497 e. The number of hydrogen-bond donors (Lipinski definition) is 1. The molecule has 1 fully saturated rings. The average Bonchev–Trinajstić information content (AvgIpc) is 2.96. The Hall–Kier alpha value is -2.57. The summed E-state index contributed by atoms with van der Waals surface area (Å²) in [4.78, 5) is 17.5. The topological polar surface area (TPSA) is 86.5 Å². The van der Waals surface area contributed by atoms with Crippen LogP contribution < -0.4 is 14.8 Å². The SMILES string of the molecule is COc1cc(OC)cc(C(=O)NC2(c3noc(C)n3)CCCCCC2)c1. The third-order valence-corrected chi connectivity index (χ3v) is 4.88. The number of rotatable bonds is 5. The molecule has 0 saturated heterocycles. The zero-order valence-electron chi connectivity index (χ0n) is 15.5. The molecule has 1 aliphatic carbocycles. The first-order valence-electron chi connectivity index (χ1n) is 8.93. The van der Waals surface area contributed by atoms with Crippen LogP contribution in [-0.2, 0) is 5.54 Å². The summed E-state index contributed by atoms with van der Waals surface area (Å²) in [6.45, 7) is 1.76. The number of methoxy groups -OCH3 is 2. The maximum absolute atomic E-state index is 13.0. The second-order valence-corrected chi connectivity index (χ2v) is 6.69. The molecule has 7 heteroatoms. The van der Waals surface area contributed by atoms with E-state index >= 15 is 0 Å². The predicted octanol–water partition coefficient (Wildman–Crippen LogP) is 3.37. The lowest BCUT2D eigenvalue weighted by Crippen LogP contribution is -2.46. The van der Waals surface area contributed by atoms with Crippen molar-refractivity contribution in [2.75, 3.05) is 14.2 Å². The summed E-state index contributed by atoms with van der Waals surface area (Å²) in [5, 5.41) is 7.30. The molecule has 0 unspecified atom stereocenters. The van der Waals surface area contributed by atoms with Crippen molar-refractivity contribution in [3.63, 3.8) is 0 Å². The molecule has 0 aliphatic heterocycles. The van der Waals surface area contributed by atoms with Gasteiger partial charge in [-0.1, -0.05) is 30.8 Å². The number of ether oxygens (including phenoxy) is 2. The third kappa shape index (κ3) is 3.81. The van der Waals surface area contributed by atoms with Crippen LogP contribution in [0.3, 0.4) is 0 Å². The minimum Gasteiger partial charge on any atom is -0.497 e. The maximum Gasteiger partial charge on any atom is 0.252 e. The van der Waals surface area contributed by atoms with E-state index in [1.807, 2.05) is 0 Å². The lowest BCUT2D eigenvalue weighted by molar-refractivity contribution is 0.0876. The van der Waals surface area contributed by atoms with Gasteiger partial charge < -0.3 is 19.3 Å². The van der Waals surface area contributed by atoms with E-state index < -0.39 is 5.54 Å². The monoisotopic (exact) mass is 359 g/mol. The van der Waals surface area contributed by atoms with Crippen molar-refractivity contribution in [2.45, 2.75) is 51.0 Å². The number of carbonyl (C=O) groups excluding carboxylic acids is 1. The molecular weight excluding hydrogens is 334 g/mol. The van der Waals surface area contributed by atoms with Crippen LogP contribution >= 0.6 is 0 Å². The summed E-state index contributed by atoms with van der Waals surface area (Å²) in [5.74, 6) is 1.99. The van der Waals surface area contributed by atoms with Crippen LogP contribution in [0.15, 0.2) is 22.7 Å². The quantitative estimate of drug-likeness (QED) is 0.824. The molecule has 1 amide bonds. The first-order valence-corrected chi connectivity index (χ1v) is 8.93. The summed E-state index contributed by atoms with van der Waals surface area (Å²) in [7, 11) is 3.12. The van der Waals surface area contributed by atoms with E-state index in [0.29, 0.717) is 28.8 Å². The molecule has 1 N–H and O–H groups in total. The minimum absolute atomic E-state index is 0.202. The first-order chi connectivity index (χ1) is 12.6. The fourth-order valence-electron chi connectivity index (χ4n) is 3.46. The molecular formula is C19H25N3O4. The molecule has 0 radical (unpaired) electrons. The summed E-state index contributed by atoms with van der Waals surface area (Å²) < 4.78 is 15.7. The molecule has 0 atom stereocenters. The molecule has 3 rings (SSSR count). The van der Waals surface area contributed by atoms with Crippen LogP contribution in [-0.4, -0.2) is 30.3 Å². The van der Waals surface area contributed by atoms with Crippen molar-refractivity contribution in [2.24, 2.45) is 0 Å². The van der Waals surface area contributed by atoms with Gasteiger partial charge in [-0.3, -0.25) is 4.79 Å². The van der Waals surface area contributed by atoms with Gasteiger partial charge in [0.25, 0.3) is 5.91 Å². The second-order valence-electron chi connectivity index (χ2n) is 6.69. The Kier molecular flexibility index (Phi) is 5.44. The Labute approximate surface area is 153 Å². The van der Waals surface area contributed by atoms with Gasteiger partial charge in [0, 0.05) is 18.6 Å². The Morgan fingerprint density at radius 3 is 2.19 bits per heavy atom. The number of nitrogens with one attached hydrogen (secondary N) is 1. The zero-order valence-corrected chi connectivity index (χ0v) is 15.5. The number of carbonyl (C=O) groups is 1. The van der Waals surface area contributed by atoms with Gasteiger partial charge in [-0.05, 0) is 25.0 Å². The third-order valence-electron chi connectivity index (χ3n) is 4.88. The van der Waals surface area contributed by atoms with Crippen LogP contribution in [0.1, 0.15) is 60.6 Å². The van der Waals surface area contributed by atoms with Gasteiger partial charge >= 0.3 is 0 Å². The molecule has 0 spiro atoms. The molecule has 1 aromatic carbocycles. The lowest BCUT2D eigenvalue weighted by atomic mass is 9.88. The van der Waals surface area contributed by atoms with Gasteiger partial charge in [-0.25, -0.2) is 0 Å². The number of benzene rings is 1. The molecule has 1 heterocycles. The van der Waals surface area contributed by atoms with Gasteiger partial charge in [0.2, 0.25) is 5.89 Å². The summed E-state index contributed by atoms with van der Waals surface area (Å²) in [6, 6.07) is 5.13. The van der Waals surface area contributed by atoms with E-state index in [4.69, 9.17) is 14.0 Å².